The molecule has 0 fully saturated rings. The van der Waals surface area contributed by atoms with Gasteiger partial charge in [-0.3, -0.25) is 19.1 Å². The summed E-state index contributed by atoms with van der Waals surface area (Å²) in [6, 6.07) is 15.5. The first kappa shape index (κ1) is 29.8. The molecule has 0 bridgehead atoms. The average molecular weight is 574 g/mol. The predicted octanol–water partition coefficient (Wildman–Crippen LogP) is 5.78. The van der Waals surface area contributed by atoms with Gasteiger partial charge < -0.3 is 15.2 Å². The molecule has 4 rings (SSSR count). The Morgan fingerprint density at radius 3 is 2.20 bits per heavy atom. The minimum absolute atomic E-state index is 0.00997. The summed E-state index contributed by atoms with van der Waals surface area (Å²) >= 11 is 6.58. The van der Waals surface area contributed by atoms with Gasteiger partial charge in [0.05, 0.1) is 11.9 Å². The standard InChI is InChI=1S/C32H36ClN5O3/c1-19(2)31(40)36-28(32(41)35-26-11-7-22(8-12-26)30-21(5)17-34-37(30)6)16-25-15-23(9-13-27(25)33)24-10-14-29(39)38(18-24)20(3)4/h7-15,17-20,28H,16H2,1-6H3,(H,35,41)(H,36,40)/t28-/m0/s1. The van der Waals surface area contributed by atoms with Crippen LogP contribution in [0.25, 0.3) is 22.4 Å². The van der Waals surface area contributed by atoms with Crippen LogP contribution in [0.2, 0.25) is 5.02 Å². The molecule has 2 aromatic carbocycles. The lowest BCUT2D eigenvalue weighted by Gasteiger charge is -2.21. The second-order valence-corrected chi connectivity index (χ2v) is 11.3. The molecule has 0 aliphatic rings. The number of carbonyl (C=O) groups excluding carboxylic acids is 2. The van der Waals surface area contributed by atoms with Crippen LogP contribution < -0.4 is 16.2 Å². The van der Waals surface area contributed by atoms with Gasteiger partial charge in [0.1, 0.15) is 6.04 Å². The van der Waals surface area contributed by atoms with Crippen LogP contribution in [0.1, 0.15) is 44.9 Å². The molecule has 2 amide bonds. The summed E-state index contributed by atoms with van der Waals surface area (Å²) in [5, 5.41) is 10.6. The number of carbonyl (C=O) groups is 2. The van der Waals surface area contributed by atoms with Gasteiger partial charge in [0, 0.05) is 54.0 Å². The molecule has 0 spiro atoms. The number of aromatic nitrogens is 3. The van der Waals surface area contributed by atoms with Crippen molar-refractivity contribution in [2.24, 2.45) is 13.0 Å². The molecule has 2 N–H and O–H groups in total. The van der Waals surface area contributed by atoms with Gasteiger partial charge in [-0.1, -0.05) is 43.6 Å². The highest BCUT2D eigenvalue weighted by molar-refractivity contribution is 6.31. The molecule has 1 atom stereocenters. The number of rotatable bonds is 9. The first-order valence-corrected chi connectivity index (χ1v) is 14.0. The highest BCUT2D eigenvalue weighted by Crippen LogP contribution is 2.27. The van der Waals surface area contributed by atoms with E-state index in [9.17, 15) is 14.4 Å². The molecule has 214 valence electrons. The molecule has 0 saturated heterocycles. The fraction of sp³-hybridized carbons (Fsp3) is 0.312. The molecule has 0 aliphatic heterocycles. The third-order valence-corrected chi connectivity index (χ3v) is 7.37. The molecule has 4 aromatic rings. The number of hydrogen-bond acceptors (Lipinski definition) is 4. The van der Waals surface area contributed by atoms with Gasteiger partial charge in [0.15, 0.2) is 0 Å². The maximum Gasteiger partial charge on any atom is 0.250 e. The van der Waals surface area contributed by atoms with E-state index in [1.54, 1.807) is 36.6 Å². The first-order valence-electron chi connectivity index (χ1n) is 13.7. The Kier molecular flexibility index (Phi) is 9.13. The van der Waals surface area contributed by atoms with Crippen molar-refractivity contribution in [2.75, 3.05) is 5.32 Å². The van der Waals surface area contributed by atoms with E-state index in [0.29, 0.717) is 16.3 Å². The Labute approximate surface area is 245 Å². The van der Waals surface area contributed by atoms with Gasteiger partial charge in [0.2, 0.25) is 11.8 Å². The van der Waals surface area contributed by atoms with E-state index in [1.165, 1.54) is 0 Å². The van der Waals surface area contributed by atoms with Crippen LogP contribution in [-0.2, 0) is 23.1 Å². The van der Waals surface area contributed by atoms with Gasteiger partial charge in [-0.2, -0.15) is 5.10 Å². The van der Waals surface area contributed by atoms with E-state index in [4.69, 9.17) is 11.6 Å². The number of nitrogens with zero attached hydrogens (tertiary/aromatic N) is 3. The Morgan fingerprint density at radius 1 is 0.927 bits per heavy atom. The van der Waals surface area contributed by atoms with Gasteiger partial charge in [-0.25, -0.2) is 0 Å². The van der Waals surface area contributed by atoms with E-state index in [2.05, 4.69) is 15.7 Å². The van der Waals surface area contributed by atoms with Crippen LogP contribution in [0.5, 0.6) is 0 Å². The molecule has 8 nitrogen and oxygen atoms in total. The summed E-state index contributed by atoms with van der Waals surface area (Å²) in [5.41, 5.74) is 6.00. The molecule has 0 saturated carbocycles. The first-order chi connectivity index (χ1) is 19.4. The summed E-state index contributed by atoms with van der Waals surface area (Å²) in [5.74, 6) is -0.882. The van der Waals surface area contributed by atoms with Crippen LogP contribution in [0.15, 0.2) is 71.8 Å². The monoisotopic (exact) mass is 573 g/mol. The van der Waals surface area contributed by atoms with E-state index in [1.807, 2.05) is 81.3 Å². The zero-order valence-electron chi connectivity index (χ0n) is 24.2. The molecule has 2 heterocycles. The second-order valence-electron chi connectivity index (χ2n) is 10.8. The Balaban J connectivity index is 1.60. The minimum Gasteiger partial charge on any atom is -0.344 e. The summed E-state index contributed by atoms with van der Waals surface area (Å²) in [4.78, 5) is 38.4. The molecular weight excluding hydrogens is 538 g/mol. The van der Waals surface area contributed by atoms with Crippen LogP contribution in [0, 0.1) is 12.8 Å². The molecule has 2 aromatic heterocycles. The number of benzene rings is 2. The zero-order valence-corrected chi connectivity index (χ0v) is 25.0. The van der Waals surface area contributed by atoms with Crippen LogP contribution in [0.3, 0.4) is 0 Å². The molecule has 9 heteroatoms. The van der Waals surface area contributed by atoms with Crippen molar-refractivity contribution in [1.29, 1.82) is 0 Å². The van der Waals surface area contributed by atoms with Crippen LogP contribution in [-0.4, -0.2) is 32.2 Å². The highest BCUT2D eigenvalue weighted by atomic mass is 35.5. The van der Waals surface area contributed by atoms with Gasteiger partial charge in [-0.05, 0) is 73.4 Å². The van der Waals surface area contributed by atoms with Gasteiger partial charge in [-0.15, -0.1) is 0 Å². The zero-order chi connectivity index (χ0) is 29.8. The fourth-order valence-electron chi connectivity index (χ4n) is 4.66. The van der Waals surface area contributed by atoms with E-state index in [-0.39, 0.29) is 35.8 Å². The van der Waals surface area contributed by atoms with Crippen molar-refractivity contribution >= 4 is 29.1 Å². The lowest BCUT2D eigenvalue weighted by atomic mass is 9.99. The maximum atomic E-state index is 13.5. The largest absolute Gasteiger partial charge is 0.344 e. The number of amides is 2. The number of nitrogens with one attached hydrogen (secondary N) is 2. The normalized spacial score (nSPS) is 12.0. The lowest BCUT2D eigenvalue weighted by molar-refractivity contribution is -0.128. The van der Waals surface area contributed by atoms with Crippen molar-refractivity contribution in [3.05, 3.63) is 93.5 Å². The van der Waals surface area contributed by atoms with Gasteiger partial charge >= 0.3 is 0 Å². The third-order valence-electron chi connectivity index (χ3n) is 7.00. The van der Waals surface area contributed by atoms with E-state index in [0.717, 1.165) is 27.9 Å². The van der Waals surface area contributed by atoms with Crippen LogP contribution in [0.4, 0.5) is 5.69 Å². The fourth-order valence-corrected chi connectivity index (χ4v) is 4.85. The second kappa shape index (κ2) is 12.6. The summed E-state index contributed by atoms with van der Waals surface area (Å²) in [6.07, 6.45) is 3.82. The van der Waals surface area contributed by atoms with E-state index >= 15 is 0 Å². The molecule has 0 radical (unpaired) electrons. The van der Waals surface area contributed by atoms with Crippen LogP contribution >= 0.6 is 11.6 Å². The van der Waals surface area contributed by atoms with Crippen molar-refractivity contribution in [2.45, 2.75) is 53.1 Å². The van der Waals surface area contributed by atoms with Crippen molar-refractivity contribution in [1.82, 2.24) is 19.7 Å². The molecule has 0 unspecified atom stereocenters. The summed E-state index contributed by atoms with van der Waals surface area (Å²) in [6.45, 7) is 9.46. The number of hydrogen-bond donors (Lipinski definition) is 2. The van der Waals surface area contributed by atoms with Gasteiger partial charge in [0.25, 0.3) is 5.56 Å². The summed E-state index contributed by atoms with van der Waals surface area (Å²) in [7, 11) is 1.89. The highest BCUT2D eigenvalue weighted by Gasteiger charge is 2.24. The topological polar surface area (TPSA) is 98.0 Å². The average Bonchev–Trinajstić information content (AvgIpc) is 3.27. The number of pyridine rings is 1. The number of anilines is 1. The maximum absolute atomic E-state index is 13.5. The van der Waals surface area contributed by atoms with Crippen molar-refractivity contribution in [3.63, 3.8) is 0 Å². The molecular formula is C32H36ClN5O3. The summed E-state index contributed by atoms with van der Waals surface area (Å²) < 4.78 is 3.49. The lowest BCUT2D eigenvalue weighted by Crippen LogP contribution is -2.46. The molecule has 41 heavy (non-hydrogen) atoms. The number of halogens is 1. The third kappa shape index (κ3) is 6.95. The predicted molar refractivity (Wildman–Crippen MR) is 164 cm³/mol. The Bertz CT molecular complexity index is 1600. The minimum atomic E-state index is -0.860. The quantitative estimate of drug-likeness (QED) is 0.265. The number of aryl methyl sites for hydroxylation is 2. The smallest absolute Gasteiger partial charge is 0.250 e. The van der Waals surface area contributed by atoms with Crippen molar-refractivity contribution in [3.8, 4) is 22.4 Å². The van der Waals surface area contributed by atoms with E-state index < -0.39 is 6.04 Å². The Morgan fingerprint density at radius 2 is 1.59 bits per heavy atom. The molecule has 0 aliphatic carbocycles. The van der Waals surface area contributed by atoms with Crippen molar-refractivity contribution < 1.29 is 9.59 Å². The SMILES string of the molecule is Cc1cnn(C)c1-c1ccc(NC(=O)[C@H](Cc2cc(-c3ccc(=O)n(C(C)C)c3)ccc2Cl)NC(=O)C(C)C)cc1. The Hall–Kier alpha value is -4.17.